The molecule has 1 aromatic rings. The highest BCUT2D eigenvalue weighted by Gasteiger charge is 2.19. The number of hydrogen-bond acceptors (Lipinski definition) is 3. The van der Waals surface area contributed by atoms with Gasteiger partial charge < -0.3 is 5.32 Å². The zero-order valence-corrected chi connectivity index (χ0v) is 13.3. The van der Waals surface area contributed by atoms with E-state index in [4.69, 9.17) is 5.26 Å². The molecule has 1 saturated heterocycles. The number of likely N-dealkylation sites (tertiary alicyclic amines) is 1. The summed E-state index contributed by atoms with van der Waals surface area (Å²) in [5.41, 5.74) is 2.02. The highest BCUT2D eigenvalue weighted by Crippen LogP contribution is 2.18. The quantitative estimate of drug-likeness (QED) is 0.873. The Balaban J connectivity index is 1.72. The Morgan fingerprint density at radius 2 is 2.10 bits per heavy atom. The van der Waals surface area contributed by atoms with Crippen LogP contribution in [0.5, 0.6) is 0 Å². The van der Waals surface area contributed by atoms with Gasteiger partial charge in [-0.05, 0) is 68.6 Å². The van der Waals surface area contributed by atoms with E-state index >= 15 is 0 Å². The Hall–Kier alpha value is -1.37. The molecule has 0 amide bonds. The first-order chi connectivity index (χ1) is 10.2. The van der Waals surface area contributed by atoms with Crippen molar-refractivity contribution in [3.63, 3.8) is 0 Å². The smallest absolute Gasteiger partial charge is 0.0991 e. The van der Waals surface area contributed by atoms with Crippen LogP contribution in [0.25, 0.3) is 0 Å². The van der Waals surface area contributed by atoms with Crippen LogP contribution in [-0.2, 0) is 6.54 Å². The molecule has 1 fully saturated rings. The molecule has 21 heavy (non-hydrogen) atoms. The van der Waals surface area contributed by atoms with Gasteiger partial charge in [-0.1, -0.05) is 26.0 Å². The minimum absolute atomic E-state index is 0.734. The van der Waals surface area contributed by atoms with Crippen LogP contribution >= 0.6 is 0 Å². The summed E-state index contributed by atoms with van der Waals surface area (Å²) in [4.78, 5) is 2.51. The monoisotopic (exact) mass is 285 g/mol. The maximum atomic E-state index is 8.95. The third-order valence-corrected chi connectivity index (χ3v) is 4.16. The van der Waals surface area contributed by atoms with Gasteiger partial charge in [0.25, 0.3) is 0 Å². The highest BCUT2D eigenvalue weighted by atomic mass is 15.1. The van der Waals surface area contributed by atoms with Crippen molar-refractivity contribution in [1.82, 2.24) is 10.2 Å². The largest absolute Gasteiger partial charge is 0.316 e. The lowest BCUT2D eigenvalue weighted by atomic mass is 9.96. The molecular formula is C18H27N3. The van der Waals surface area contributed by atoms with Gasteiger partial charge in [0, 0.05) is 6.54 Å². The highest BCUT2D eigenvalue weighted by molar-refractivity contribution is 5.32. The molecule has 0 unspecified atom stereocenters. The maximum absolute atomic E-state index is 8.95. The van der Waals surface area contributed by atoms with Crippen LogP contribution < -0.4 is 5.32 Å². The molecule has 3 nitrogen and oxygen atoms in total. The molecule has 0 saturated carbocycles. The molecule has 1 aliphatic heterocycles. The van der Waals surface area contributed by atoms with Gasteiger partial charge >= 0.3 is 0 Å². The van der Waals surface area contributed by atoms with E-state index in [0.717, 1.165) is 37.0 Å². The zero-order valence-electron chi connectivity index (χ0n) is 13.3. The van der Waals surface area contributed by atoms with Crippen molar-refractivity contribution in [2.45, 2.75) is 33.2 Å². The van der Waals surface area contributed by atoms with Gasteiger partial charge in [0.1, 0.15) is 0 Å². The summed E-state index contributed by atoms with van der Waals surface area (Å²) in [6.45, 7) is 10.1. The van der Waals surface area contributed by atoms with Gasteiger partial charge in [0.05, 0.1) is 11.6 Å². The number of nitrogens with zero attached hydrogens (tertiary/aromatic N) is 2. The van der Waals surface area contributed by atoms with E-state index in [1.165, 1.54) is 31.5 Å². The number of nitriles is 1. The van der Waals surface area contributed by atoms with Crippen LogP contribution in [0.3, 0.4) is 0 Å². The average molecular weight is 285 g/mol. The van der Waals surface area contributed by atoms with E-state index in [0.29, 0.717) is 0 Å². The molecule has 0 bridgehead atoms. The Labute approximate surface area is 129 Å². The van der Waals surface area contributed by atoms with Gasteiger partial charge in [-0.2, -0.15) is 5.26 Å². The topological polar surface area (TPSA) is 39.1 Å². The minimum Gasteiger partial charge on any atom is -0.316 e. The van der Waals surface area contributed by atoms with Crippen LogP contribution in [0.2, 0.25) is 0 Å². The van der Waals surface area contributed by atoms with E-state index in [2.05, 4.69) is 36.2 Å². The van der Waals surface area contributed by atoms with Crippen LogP contribution in [-0.4, -0.2) is 31.1 Å². The second-order valence-corrected chi connectivity index (χ2v) is 6.58. The van der Waals surface area contributed by atoms with E-state index < -0.39 is 0 Å². The summed E-state index contributed by atoms with van der Waals surface area (Å²) in [6, 6.07) is 10.2. The summed E-state index contributed by atoms with van der Waals surface area (Å²) in [5.74, 6) is 1.56. The maximum Gasteiger partial charge on any atom is 0.0991 e. The predicted molar refractivity (Wildman–Crippen MR) is 86.9 cm³/mol. The number of rotatable bonds is 6. The second-order valence-electron chi connectivity index (χ2n) is 6.58. The summed E-state index contributed by atoms with van der Waals surface area (Å²) in [6.07, 6.45) is 2.56. The van der Waals surface area contributed by atoms with E-state index in [9.17, 15) is 0 Å². The molecule has 114 valence electrons. The van der Waals surface area contributed by atoms with Crippen molar-refractivity contribution < 1.29 is 0 Å². The van der Waals surface area contributed by atoms with E-state index in [-0.39, 0.29) is 0 Å². The van der Waals surface area contributed by atoms with Crippen molar-refractivity contribution in [3.8, 4) is 6.07 Å². The lowest BCUT2D eigenvalue weighted by Crippen LogP contribution is -2.37. The molecule has 1 aliphatic rings. The molecule has 1 heterocycles. The van der Waals surface area contributed by atoms with E-state index in [1.807, 2.05) is 18.2 Å². The van der Waals surface area contributed by atoms with Crippen molar-refractivity contribution in [1.29, 1.82) is 5.26 Å². The third kappa shape index (κ3) is 5.49. The van der Waals surface area contributed by atoms with Crippen molar-refractivity contribution in [3.05, 3.63) is 35.4 Å². The standard InChI is InChI=1S/C18H27N3/c1-15(2)12-20-13-16-6-8-21(9-7-16)14-18-5-3-4-17(10-18)11-19/h3-5,10,15-16,20H,6-9,12-14H2,1-2H3. The number of piperidine rings is 1. The molecule has 0 spiro atoms. The van der Waals surface area contributed by atoms with Crippen LogP contribution in [0.1, 0.15) is 37.8 Å². The van der Waals surface area contributed by atoms with Gasteiger partial charge in [0.2, 0.25) is 0 Å². The molecule has 1 N–H and O–H groups in total. The summed E-state index contributed by atoms with van der Waals surface area (Å²) in [5, 5.41) is 12.5. The molecule has 2 rings (SSSR count). The molecule has 0 atom stereocenters. The van der Waals surface area contributed by atoms with Crippen LogP contribution in [0, 0.1) is 23.2 Å². The second kappa shape index (κ2) is 8.17. The first-order valence-corrected chi connectivity index (χ1v) is 8.09. The molecule has 0 aliphatic carbocycles. The summed E-state index contributed by atoms with van der Waals surface area (Å²) >= 11 is 0. The van der Waals surface area contributed by atoms with Gasteiger partial charge in [-0.15, -0.1) is 0 Å². The molecule has 0 aromatic heterocycles. The Morgan fingerprint density at radius 1 is 1.33 bits per heavy atom. The first-order valence-electron chi connectivity index (χ1n) is 8.09. The lowest BCUT2D eigenvalue weighted by molar-refractivity contribution is 0.175. The molecule has 1 aromatic carbocycles. The third-order valence-electron chi connectivity index (χ3n) is 4.16. The Kier molecular flexibility index (Phi) is 6.22. The number of benzene rings is 1. The number of nitrogens with one attached hydrogen (secondary N) is 1. The van der Waals surface area contributed by atoms with Crippen LogP contribution in [0.4, 0.5) is 0 Å². The van der Waals surface area contributed by atoms with Gasteiger partial charge in [0.15, 0.2) is 0 Å². The Bertz CT molecular complexity index is 468. The fourth-order valence-corrected chi connectivity index (χ4v) is 2.92. The van der Waals surface area contributed by atoms with E-state index in [1.54, 1.807) is 0 Å². The van der Waals surface area contributed by atoms with Crippen molar-refractivity contribution in [2.75, 3.05) is 26.2 Å². The molecule has 0 radical (unpaired) electrons. The zero-order chi connectivity index (χ0) is 15.1. The lowest BCUT2D eigenvalue weighted by Gasteiger charge is -2.32. The normalized spacial score (nSPS) is 17.0. The average Bonchev–Trinajstić information content (AvgIpc) is 2.49. The van der Waals surface area contributed by atoms with Gasteiger partial charge in [-0.3, -0.25) is 4.90 Å². The summed E-state index contributed by atoms with van der Waals surface area (Å²) < 4.78 is 0. The predicted octanol–water partition coefficient (Wildman–Crippen LogP) is 3.02. The van der Waals surface area contributed by atoms with Crippen molar-refractivity contribution >= 4 is 0 Å². The molecular weight excluding hydrogens is 258 g/mol. The molecule has 3 heteroatoms. The Morgan fingerprint density at radius 3 is 2.76 bits per heavy atom. The SMILES string of the molecule is CC(C)CNCC1CCN(Cc2cccc(C#N)c2)CC1. The summed E-state index contributed by atoms with van der Waals surface area (Å²) in [7, 11) is 0. The number of hydrogen-bond donors (Lipinski definition) is 1. The van der Waals surface area contributed by atoms with Gasteiger partial charge in [-0.25, -0.2) is 0 Å². The fraction of sp³-hybridized carbons (Fsp3) is 0.611. The van der Waals surface area contributed by atoms with Crippen LogP contribution in [0.15, 0.2) is 24.3 Å². The van der Waals surface area contributed by atoms with Crippen molar-refractivity contribution in [2.24, 2.45) is 11.8 Å². The first kappa shape index (κ1) is 16.0. The minimum atomic E-state index is 0.734. The fourth-order valence-electron chi connectivity index (χ4n) is 2.92.